The maximum absolute atomic E-state index is 13.0. The van der Waals surface area contributed by atoms with Gasteiger partial charge in [-0.15, -0.1) is 0 Å². The summed E-state index contributed by atoms with van der Waals surface area (Å²) >= 11 is 5.60. The number of aromatic nitrogens is 2. The van der Waals surface area contributed by atoms with Crippen LogP contribution in [0.2, 0.25) is 5.02 Å². The summed E-state index contributed by atoms with van der Waals surface area (Å²) in [6.45, 7) is 0. The van der Waals surface area contributed by atoms with E-state index in [-0.39, 0.29) is 5.69 Å². The number of nitrogens with one attached hydrogen (secondary N) is 2. The van der Waals surface area contributed by atoms with Crippen LogP contribution in [0, 0.1) is 0 Å². The lowest BCUT2D eigenvalue weighted by atomic mass is 10.1. The first kappa shape index (κ1) is 20.6. The number of nitrogens with zero attached hydrogens (tertiary/aromatic N) is 2. The lowest BCUT2D eigenvalue weighted by molar-refractivity contribution is -0.137. The van der Waals surface area contributed by atoms with Crippen LogP contribution in [0.5, 0.6) is 0 Å². The van der Waals surface area contributed by atoms with E-state index < -0.39 is 22.8 Å². The van der Waals surface area contributed by atoms with Crippen LogP contribution in [0.3, 0.4) is 0 Å². The molecule has 2 aromatic carbocycles. The van der Waals surface area contributed by atoms with Crippen molar-refractivity contribution in [2.45, 2.75) is 6.18 Å². The van der Waals surface area contributed by atoms with Gasteiger partial charge in [0.05, 0.1) is 22.5 Å². The average Bonchev–Trinajstić information content (AvgIpc) is 2.74. The zero-order valence-corrected chi connectivity index (χ0v) is 16.5. The number of carbonyl (C=O) groups excluding carboxylic acids is 1. The first-order chi connectivity index (χ1) is 14.8. The van der Waals surface area contributed by atoms with Crippen molar-refractivity contribution in [3.63, 3.8) is 0 Å². The van der Waals surface area contributed by atoms with E-state index in [9.17, 15) is 18.0 Å². The number of benzene rings is 2. The van der Waals surface area contributed by atoms with Gasteiger partial charge in [0.1, 0.15) is 0 Å². The fourth-order valence-corrected chi connectivity index (χ4v) is 3.22. The fourth-order valence-electron chi connectivity index (χ4n) is 2.99. The molecule has 9 heteroatoms. The van der Waals surface area contributed by atoms with Gasteiger partial charge >= 0.3 is 12.2 Å². The standard InChI is InChI=1S/C22H14ClF3N4O/c23-19-7-6-16(10-18(19)22(24,25)26)29-21(31)30-17-9-14-8-15(11-27-20(14)28-12-17)13-4-2-1-3-5-13/h1-12H,(H2,29,30,31). The van der Waals surface area contributed by atoms with Crippen LogP contribution in [-0.2, 0) is 6.18 Å². The number of urea groups is 1. The molecule has 4 aromatic rings. The molecule has 5 nitrogen and oxygen atoms in total. The monoisotopic (exact) mass is 442 g/mol. The number of rotatable bonds is 3. The van der Waals surface area contributed by atoms with Gasteiger partial charge in [-0.05, 0) is 35.9 Å². The third-order valence-electron chi connectivity index (χ3n) is 4.43. The van der Waals surface area contributed by atoms with Gasteiger partial charge in [-0.2, -0.15) is 13.2 Å². The lowest BCUT2D eigenvalue weighted by Crippen LogP contribution is -2.20. The summed E-state index contributed by atoms with van der Waals surface area (Å²) in [4.78, 5) is 20.8. The minimum absolute atomic E-state index is 0.0454. The molecule has 4 rings (SSSR count). The summed E-state index contributed by atoms with van der Waals surface area (Å²) in [5, 5.41) is 5.18. The Kier molecular flexibility index (Phi) is 5.48. The Hall–Kier alpha value is -3.65. The van der Waals surface area contributed by atoms with Crippen molar-refractivity contribution in [2.24, 2.45) is 0 Å². The van der Waals surface area contributed by atoms with Crippen LogP contribution in [0.15, 0.2) is 73.1 Å². The molecular weight excluding hydrogens is 429 g/mol. The van der Waals surface area contributed by atoms with E-state index in [0.29, 0.717) is 16.7 Å². The number of fused-ring (bicyclic) bond motifs is 1. The van der Waals surface area contributed by atoms with Crippen LogP contribution in [0.4, 0.5) is 29.3 Å². The molecule has 0 saturated heterocycles. The fraction of sp³-hybridized carbons (Fsp3) is 0.0455. The number of amides is 2. The Balaban J connectivity index is 1.54. The highest BCUT2D eigenvalue weighted by atomic mass is 35.5. The number of carbonyl (C=O) groups is 1. The summed E-state index contributed by atoms with van der Waals surface area (Å²) in [6.07, 6.45) is -1.50. The van der Waals surface area contributed by atoms with Gasteiger partial charge < -0.3 is 10.6 Å². The molecule has 0 aliphatic rings. The molecular formula is C22H14ClF3N4O. The van der Waals surface area contributed by atoms with Gasteiger partial charge in [-0.25, -0.2) is 14.8 Å². The molecule has 0 aliphatic heterocycles. The Labute approximate surface area is 179 Å². The Morgan fingerprint density at radius 2 is 1.55 bits per heavy atom. The van der Waals surface area contributed by atoms with E-state index >= 15 is 0 Å². The summed E-state index contributed by atoms with van der Waals surface area (Å²) in [5.41, 5.74) is 1.66. The number of anilines is 2. The number of halogens is 4. The molecule has 0 unspecified atom stereocenters. The zero-order valence-electron chi connectivity index (χ0n) is 15.7. The molecule has 2 N–H and O–H groups in total. The van der Waals surface area contributed by atoms with Crippen molar-refractivity contribution in [1.82, 2.24) is 9.97 Å². The van der Waals surface area contributed by atoms with Crippen LogP contribution in [-0.4, -0.2) is 16.0 Å². The van der Waals surface area contributed by atoms with Crippen molar-refractivity contribution in [2.75, 3.05) is 10.6 Å². The molecule has 2 amide bonds. The summed E-state index contributed by atoms with van der Waals surface area (Å²) < 4.78 is 39.0. The van der Waals surface area contributed by atoms with Crippen molar-refractivity contribution in [3.05, 3.63) is 83.6 Å². The van der Waals surface area contributed by atoms with Crippen LogP contribution < -0.4 is 10.6 Å². The van der Waals surface area contributed by atoms with Gasteiger partial charge in [0.2, 0.25) is 0 Å². The van der Waals surface area contributed by atoms with Crippen LogP contribution in [0.1, 0.15) is 5.56 Å². The molecule has 0 saturated carbocycles. The van der Waals surface area contributed by atoms with Gasteiger partial charge in [-0.3, -0.25) is 0 Å². The highest BCUT2D eigenvalue weighted by Crippen LogP contribution is 2.36. The highest BCUT2D eigenvalue weighted by Gasteiger charge is 2.33. The van der Waals surface area contributed by atoms with Crippen molar-refractivity contribution in [1.29, 1.82) is 0 Å². The second kappa shape index (κ2) is 8.23. The number of hydrogen-bond acceptors (Lipinski definition) is 3. The van der Waals surface area contributed by atoms with E-state index in [4.69, 9.17) is 11.6 Å². The molecule has 156 valence electrons. The van der Waals surface area contributed by atoms with Gasteiger partial charge in [0, 0.05) is 22.8 Å². The van der Waals surface area contributed by atoms with E-state index in [1.165, 1.54) is 12.3 Å². The van der Waals surface area contributed by atoms with E-state index in [0.717, 1.165) is 23.3 Å². The molecule has 2 heterocycles. The molecule has 0 spiro atoms. The first-order valence-corrected chi connectivity index (χ1v) is 9.43. The topological polar surface area (TPSA) is 66.9 Å². The minimum Gasteiger partial charge on any atom is -0.308 e. The maximum atomic E-state index is 13.0. The number of alkyl halides is 3. The molecule has 31 heavy (non-hydrogen) atoms. The smallest absolute Gasteiger partial charge is 0.308 e. The van der Waals surface area contributed by atoms with Gasteiger partial charge in [0.15, 0.2) is 5.65 Å². The second-order valence-corrected chi connectivity index (χ2v) is 7.04. The average molecular weight is 443 g/mol. The second-order valence-electron chi connectivity index (χ2n) is 6.63. The predicted molar refractivity (Wildman–Crippen MR) is 114 cm³/mol. The minimum atomic E-state index is -4.63. The number of hydrogen-bond donors (Lipinski definition) is 2. The molecule has 2 aromatic heterocycles. The summed E-state index contributed by atoms with van der Waals surface area (Å²) in [6, 6.07) is 15.6. The van der Waals surface area contributed by atoms with Gasteiger partial charge in [-0.1, -0.05) is 41.9 Å². The van der Waals surface area contributed by atoms with E-state index in [1.54, 1.807) is 12.3 Å². The van der Waals surface area contributed by atoms with E-state index in [2.05, 4.69) is 20.6 Å². The zero-order chi connectivity index (χ0) is 22.0. The largest absolute Gasteiger partial charge is 0.417 e. The Morgan fingerprint density at radius 3 is 2.29 bits per heavy atom. The molecule has 0 fully saturated rings. The predicted octanol–water partition coefficient (Wildman–Crippen LogP) is 6.61. The summed E-state index contributed by atoms with van der Waals surface area (Å²) in [5.74, 6) is 0. The quantitative estimate of drug-likeness (QED) is 0.375. The lowest BCUT2D eigenvalue weighted by Gasteiger charge is -2.12. The molecule has 0 atom stereocenters. The number of pyridine rings is 2. The van der Waals surface area contributed by atoms with Crippen molar-refractivity contribution in [3.8, 4) is 11.1 Å². The third kappa shape index (κ3) is 4.75. The Morgan fingerprint density at radius 1 is 0.839 bits per heavy atom. The van der Waals surface area contributed by atoms with E-state index in [1.807, 2.05) is 36.4 Å². The third-order valence-corrected chi connectivity index (χ3v) is 4.76. The molecule has 0 bridgehead atoms. The normalized spacial score (nSPS) is 11.4. The van der Waals surface area contributed by atoms with Crippen LogP contribution >= 0.6 is 11.6 Å². The molecule has 0 radical (unpaired) electrons. The van der Waals surface area contributed by atoms with Gasteiger partial charge in [0.25, 0.3) is 0 Å². The Bertz CT molecular complexity index is 1260. The maximum Gasteiger partial charge on any atom is 0.417 e. The van der Waals surface area contributed by atoms with Crippen molar-refractivity contribution >= 4 is 40.0 Å². The first-order valence-electron chi connectivity index (χ1n) is 9.05. The molecule has 0 aliphatic carbocycles. The van der Waals surface area contributed by atoms with Crippen molar-refractivity contribution < 1.29 is 18.0 Å². The highest BCUT2D eigenvalue weighted by molar-refractivity contribution is 6.31. The summed E-state index contributed by atoms with van der Waals surface area (Å²) in [7, 11) is 0. The van der Waals surface area contributed by atoms with Crippen LogP contribution in [0.25, 0.3) is 22.2 Å². The SMILES string of the molecule is O=C(Nc1ccc(Cl)c(C(F)(F)F)c1)Nc1cnc2ncc(-c3ccccc3)cc2c1.